The van der Waals surface area contributed by atoms with Crippen molar-refractivity contribution in [3.8, 4) is 0 Å². The molecule has 1 saturated heterocycles. The van der Waals surface area contributed by atoms with Crippen LogP contribution in [0.3, 0.4) is 0 Å². The number of oxime groups is 1. The SMILES string of the molecule is CO/N=C(\C(=O)NC1(c2c(N)c(=O)c2=O)C(=O)N2C(C(=O)O)=CCS[C@H]21)c1csc(N)n1. The maximum atomic E-state index is 13.3. The van der Waals surface area contributed by atoms with Gasteiger partial charge in [-0.15, -0.1) is 23.1 Å². The lowest BCUT2D eigenvalue weighted by atomic mass is 9.76. The number of nitrogens with one attached hydrogen (secondary N) is 1. The lowest BCUT2D eigenvalue weighted by Gasteiger charge is -2.56. The largest absolute Gasteiger partial charge is 0.477 e. The van der Waals surface area contributed by atoms with Crippen molar-refractivity contribution in [1.29, 1.82) is 0 Å². The van der Waals surface area contributed by atoms with Gasteiger partial charge in [0.25, 0.3) is 11.8 Å². The Hall–Kier alpha value is -3.72. The number of thiazole rings is 1. The molecule has 3 heterocycles. The van der Waals surface area contributed by atoms with E-state index in [1.165, 1.54) is 18.6 Å². The van der Waals surface area contributed by atoms with Gasteiger partial charge in [0.15, 0.2) is 16.4 Å². The molecule has 2 aromatic rings. The van der Waals surface area contributed by atoms with Crippen LogP contribution < -0.4 is 27.6 Å². The fourth-order valence-corrected chi connectivity index (χ4v) is 5.48. The zero-order valence-corrected chi connectivity index (χ0v) is 17.8. The van der Waals surface area contributed by atoms with Gasteiger partial charge in [-0.1, -0.05) is 5.16 Å². The molecule has 2 aliphatic heterocycles. The lowest BCUT2D eigenvalue weighted by molar-refractivity contribution is -0.159. The zero-order valence-electron chi connectivity index (χ0n) is 16.1. The van der Waals surface area contributed by atoms with Crippen LogP contribution in [0.4, 0.5) is 10.8 Å². The van der Waals surface area contributed by atoms with E-state index in [-0.39, 0.29) is 28.0 Å². The molecule has 2 atom stereocenters. The van der Waals surface area contributed by atoms with E-state index >= 15 is 0 Å². The molecule has 0 spiro atoms. The number of carbonyl (C=O) groups excluding carboxylic acids is 2. The van der Waals surface area contributed by atoms with Crippen LogP contribution in [0.2, 0.25) is 0 Å². The van der Waals surface area contributed by atoms with Gasteiger partial charge in [0.05, 0.1) is 11.3 Å². The summed E-state index contributed by atoms with van der Waals surface area (Å²) in [5, 5.41) is 16.0. The predicted molar refractivity (Wildman–Crippen MR) is 114 cm³/mol. The summed E-state index contributed by atoms with van der Waals surface area (Å²) in [5.41, 5.74) is 5.76. The summed E-state index contributed by atoms with van der Waals surface area (Å²) in [5.74, 6) is -3.08. The van der Waals surface area contributed by atoms with Crippen molar-refractivity contribution in [1.82, 2.24) is 15.2 Å². The maximum Gasteiger partial charge on any atom is 0.352 e. The third-order valence-corrected chi connectivity index (χ3v) is 6.90. The smallest absolute Gasteiger partial charge is 0.352 e. The van der Waals surface area contributed by atoms with Gasteiger partial charge in [-0.05, 0) is 6.08 Å². The number of hydrogen-bond acceptors (Lipinski definition) is 12. The van der Waals surface area contributed by atoms with E-state index in [1.807, 2.05) is 0 Å². The summed E-state index contributed by atoms with van der Waals surface area (Å²) in [7, 11) is 1.19. The van der Waals surface area contributed by atoms with Crippen LogP contribution in [0, 0.1) is 0 Å². The first-order chi connectivity index (χ1) is 15.1. The van der Waals surface area contributed by atoms with Gasteiger partial charge in [-0.2, -0.15) is 0 Å². The number of β-lactam (4-membered cyclic amide) rings is 1. The van der Waals surface area contributed by atoms with Crippen LogP contribution in [0.1, 0.15) is 11.3 Å². The quantitative estimate of drug-likeness (QED) is 0.157. The number of nitrogens with two attached hydrogens (primary N) is 2. The molecule has 1 aromatic heterocycles. The predicted octanol–water partition coefficient (Wildman–Crippen LogP) is -1.85. The lowest BCUT2D eigenvalue weighted by Crippen LogP contribution is -2.80. The topological polar surface area (TPSA) is 207 Å². The van der Waals surface area contributed by atoms with Crippen molar-refractivity contribution in [3.05, 3.63) is 48.9 Å². The van der Waals surface area contributed by atoms with Crippen molar-refractivity contribution in [3.63, 3.8) is 0 Å². The van der Waals surface area contributed by atoms with Gasteiger partial charge < -0.3 is 26.7 Å². The van der Waals surface area contributed by atoms with Crippen molar-refractivity contribution in [2.45, 2.75) is 10.9 Å². The second-order valence-corrected chi connectivity index (χ2v) is 8.66. The molecular formula is C17H14N6O7S2. The summed E-state index contributed by atoms with van der Waals surface area (Å²) >= 11 is 2.12. The number of nitrogen functional groups attached to an aromatic ring is 2. The number of carboxylic acid groups (broad SMARTS) is 1. The minimum atomic E-state index is -2.07. The molecule has 2 aliphatic rings. The molecule has 0 aliphatic carbocycles. The molecule has 32 heavy (non-hydrogen) atoms. The molecule has 1 fully saturated rings. The normalized spacial score (nSPS) is 22.7. The molecule has 0 saturated carbocycles. The molecule has 0 bridgehead atoms. The third kappa shape index (κ3) is 2.81. The van der Waals surface area contributed by atoms with E-state index in [9.17, 15) is 29.1 Å². The monoisotopic (exact) mass is 478 g/mol. The second-order valence-electron chi connectivity index (χ2n) is 6.66. The van der Waals surface area contributed by atoms with Crippen LogP contribution in [0.25, 0.3) is 0 Å². The minimum absolute atomic E-state index is 0.0472. The molecule has 1 aromatic carbocycles. The number of anilines is 2. The number of hydrogen-bond donors (Lipinski definition) is 4. The Morgan fingerprint density at radius 1 is 1.34 bits per heavy atom. The van der Waals surface area contributed by atoms with Crippen LogP contribution in [-0.4, -0.2) is 56.7 Å². The van der Waals surface area contributed by atoms with Gasteiger partial charge in [0.1, 0.15) is 23.9 Å². The third-order valence-electron chi connectivity index (χ3n) is 4.99. The van der Waals surface area contributed by atoms with E-state index in [1.54, 1.807) is 0 Å². The van der Waals surface area contributed by atoms with E-state index in [2.05, 4.69) is 15.5 Å². The Bertz CT molecular complexity index is 1310. The van der Waals surface area contributed by atoms with E-state index in [0.717, 1.165) is 28.0 Å². The van der Waals surface area contributed by atoms with Gasteiger partial charge >= 0.3 is 5.97 Å². The maximum absolute atomic E-state index is 13.3. The summed E-state index contributed by atoms with van der Waals surface area (Å²) in [6.07, 6.45) is 1.33. The molecule has 15 heteroatoms. The highest BCUT2D eigenvalue weighted by molar-refractivity contribution is 8.00. The van der Waals surface area contributed by atoms with Crippen LogP contribution >= 0.6 is 23.1 Å². The fourth-order valence-electron chi connectivity index (χ4n) is 3.61. The zero-order chi connectivity index (χ0) is 23.4. The number of aromatic nitrogens is 1. The van der Waals surface area contributed by atoms with Gasteiger partial charge in [0, 0.05) is 11.1 Å². The molecule has 4 rings (SSSR count). The van der Waals surface area contributed by atoms with Gasteiger partial charge in [-0.25, -0.2) is 9.78 Å². The number of nitrogens with zero attached hydrogens (tertiary/aromatic N) is 3. The molecule has 0 radical (unpaired) electrons. The first-order valence-electron chi connectivity index (χ1n) is 8.78. The van der Waals surface area contributed by atoms with E-state index in [4.69, 9.17) is 16.3 Å². The first-order valence-corrected chi connectivity index (χ1v) is 10.7. The number of carbonyl (C=O) groups is 3. The number of aliphatic carboxylic acids is 1. The van der Waals surface area contributed by atoms with Crippen molar-refractivity contribution in [2.75, 3.05) is 24.3 Å². The number of rotatable bonds is 6. The fraction of sp³-hybridized carbons (Fsp3) is 0.235. The summed E-state index contributed by atoms with van der Waals surface area (Å²) in [6, 6.07) is 0. The standard InChI is InChI=1S/C17H14N6O7S2/c1-30-22-9(5-4-32-16(19)20-5)12(26)21-17(7-8(18)11(25)10(7)24)14(29)23-6(13(27)28)2-3-31-15(17)23/h2,4,15H,3,18H2,1H3,(H2,19,20)(H,21,26)(H,27,28)/b22-9-/t15-,17?/m0/s1. The Morgan fingerprint density at radius 3 is 2.62 bits per heavy atom. The number of fused-ring (bicyclic) bond motifs is 1. The van der Waals surface area contributed by atoms with E-state index in [0.29, 0.717) is 0 Å². The molecule has 13 nitrogen and oxygen atoms in total. The Kier molecular flexibility index (Phi) is 5.01. The molecular weight excluding hydrogens is 464 g/mol. The van der Waals surface area contributed by atoms with Gasteiger partial charge in [0.2, 0.25) is 10.9 Å². The number of thioether (sulfide) groups is 1. The molecule has 166 valence electrons. The Morgan fingerprint density at radius 2 is 2.06 bits per heavy atom. The van der Waals surface area contributed by atoms with Crippen molar-refractivity contribution < 1.29 is 24.3 Å². The number of amides is 2. The number of carboxylic acids is 1. The minimum Gasteiger partial charge on any atom is -0.477 e. The Balaban J connectivity index is 1.80. The van der Waals surface area contributed by atoms with Gasteiger partial charge in [-0.3, -0.25) is 24.1 Å². The second kappa shape index (κ2) is 7.45. The average Bonchev–Trinajstić information content (AvgIpc) is 3.21. The highest BCUT2D eigenvalue weighted by atomic mass is 32.2. The molecule has 1 unspecified atom stereocenters. The van der Waals surface area contributed by atoms with Crippen LogP contribution in [0.5, 0.6) is 0 Å². The summed E-state index contributed by atoms with van der Waals surface area (Å²) in [4.78, 5) is 71.7. The Labute approximate surface area is 186 Å². The van der Waals surface area contributed by atoms with Crippen molar-refractivity contribution in [2.24, 2.45) is 5.16 Å². The first kappa shape index (κ1) is 21.5. The van der Waals surface area contributed by atoms with Crippen LogP contribution in [-0.2, 0) is 24.8 Å². The highest BCUT2D eigenvalue weighted by Gasteiger charge is 2.68. The average molecular weight is 478 g/mol. The summed E-state index contributed by atoms with van der Waals surface area (Å²) < 4.78 is 0. The highest BCUT2D eigenvalue weighted by Crippen LogP contribution is 2.50. The summed E-state index contributed by atoms with van der Waals surface area (Å²) in [6.45, 7) is 0. The van der Waals surface area contributed by atoms with Crippen LogP contribution in [0.15, 0.2) is 31.9 Å². The van der Waals surface area contributed by atoms with E-state index < -0.39 is 50.8 Å². The molecule has 2 amide bonds. The molecule has 6 N–H and O–H groups in total. The van der Waals surface area contributed by atoms with Crippen molar-refractivity contribution >= 4 is 57.4 Å².